The summed E-state index contributed by atoms with van der Waals surface area (Å²) in [5.74, 6) is 0.135. The summed E-state index contributed by atoms with van der Waals surface area (Å²) in [4.78, 5) is 12.2. The highest BCUT2D eigenvalue weighted by Crippen LogP contribution is 2.41. The van der Waals surface area contributed by atoms with Crippen molar-refractivity contribution in [2.75, 3.05) is 6.61 Å². The van der Waals surface area contributed by atoms with Gasteiger partial charge in [-0.05, 0) is 62.9 Å². The van der Waals surface area contributed by atoms with Crippen LogP contribution in [0.1, 0.15) is 64.7 Å². The Morgan fingerprint density at radius 3 is 2.23 bits per heavy atom. The van der Waals surface area contributed by atoms with E-state index >= 15 is 0 Å². The standard InChI is InChI=1S/C18H27NO3/c1-2-22-18(21)16(12-19)17(13-6-4-3-5-7-13)14-8-10-15(20)11-9-14/h13-15,20H,2-11H2,1H3/b17-16-. The molecule has 0 unspecified atom stereocenters. The summed E-state index contributed by atoms with van der Waals surface area (Å²) in [6, 6.07) is 2.14. The molecule has 2 aliphatic carbocycles. The smallest absolute Gasteiger partial charge is 0.348 e. The van der Waals surface area contributed by atoms with Crippen LogP contribution in [0.5, 0.6) is 0 Å². The first-order chi connectivity index (χ1) is 10.7. The first-order valence-corrected chi connectivity index (χ1v) is 8.66. The molecule has 0 saturated heterocycles. The lowest BCUT2D eigenvalue weighted by Gasteiger charge is -2.34. The average molecular weight is 305 g/mol. The third-order valence-corrected chi connectivity index (χ3v) is 5.06. The van der Waals surface area contributed by atoms with Gasteiger partial charge in [0.05, 0.1) is 12.7 Å². The fourth-order valence-corrected chi connectivity index (χ4v) is 3.97. The van der Waals surface area contributed by atoms with E-state index in [-0.39, 0.29) is 17.6 Å². The Kier molecular flexibility index (Phi) is 6.45. The number of aliphatic hydroxyl groups is 1. The summed E-state index contributed by atoms with van der Waals surface area (Å²) in [6.07, 6.45) is 8.78. The zero-order valence-corrected chi connectivity index (χ0v) is 13.5. The van der Waals surface area contributed by atoms with Crippen LogP contribution < -0.4 is 0 Å². The molecule has 1 N–H and O–H groups in total. The molecule has 0 aromatic rings. The van der Waals surface area contributed by atoms with Gasteiger partial charge in [0, 0.05) is 0 Å². The maximum Gasteiger partial charge on any atom is 0.348 e. The minimum absolute atomic E-state index is 0.225. The molecule has 2 aliphatic rings. The molecule has 0 amide bonds. The van der Waals surface area contributed by atoms with Crippen molar-refractivity contribution in [1.29, 1.82) is 5.26 Å². The van der Waals surface area contributed by atoms with E-state index in [2.05, 4.69) is 6.07 Å². The van der Waals surface area contributed by atoms with Gasteiger partial charge in [-0.25, -0.2) is 4.79 Å². The molecule has 2 saturated carbocycles. The molecule has 122 valence electrons. The normalized spacial score (nSPS) is 27.7. The van der Waals surface area contributed by atoms with Gasteiger partial charge in [-0.15, -0.1) is 0 Å². The van der Waals surface area contributed by atoms with Gasteiger partial charge in [0.1, 0.15) is 11.6 Å². The van der Waals surface area contributed by atoms with Crippen LogP contribution in [-0.4, -0.2) is 23.8 Å². The highest BCUT2D eigenvalue weighted by atomic mass is 16.5. The molecule has 0 spiro atoms. The van der Waals surface area contributed by atoms with Crippen molar-refractivity contribution in [3.05, 3.63) is 11.1 Å². The quantitative estimate of drug-likeness (QED) is 0.490. The van der Waals surface area contributed by atoms with Crippen LogP contribution in [0.2, 0.25) is 0 Å². The molecule has 0 bridgehead atoms. The summed E-state index contributed by atoms with van der Waals surface area (Å²) in [5, 5.41) is 19.3. The zero-order valence-electron chi connectivity index (χ0n) is 13.5. The van der Waals surface area contributed by atoms with Crippen molar-refractivity contribution in [2.24, 2.45) is 11.8 Å². The van der Waals surface area contributed by atoms with E-state index in [1.54, 1.807) is 6.92 Å². The topological polar surface area (TPSA) is 70.3 Å². The number of aliphatic hydroxyl groups excluding tert-OH is 1. The number of ether oxygens (including phenoxy) is 1. The van der Waals surface area contributed by atoms with Crippen LogP contribution in [0.15, 0.2) is 11.1 Å². The lowest BCUT2D eigenvalue weighted by Crippen LogP contribution is -2.26. The van der Waals surface area contributed by atoms with Gasteiger partial charge in [0.2, 0.25) is 0 Å². The first kappa shape index (κ1) is 17.0. The van der Waals surface area contributed by atoms with Gasteiger partial charge >= 0.3 is 5.97 Å². The Labute approximate surface area is 133 Å². The lowest BCUT2D eigenvalue weighted by molar-refractivity contribution is -0.138. The average Bonchev–Trinajstić information content (AvgIpc) is 2.54. The van der Waals surface area contributed by atoms with Gasteiger partial charge in [-0.2, -0.15) is 5.26 Å². The number of nitriles is 1. The maximum atomic E-state index is 12.2. The fourth-order valence-electron chi connectivity index (χ4n) is 3.97. The summed E-state index contributed by atoms with van der Waals surface area (Å²) >= 11 is 0. The van der Waals surface area contributed by atoms with Crippen LogP contribution in [0, 0.1) is 23.2 Å². The monoisotopic (exact) mass is 305 g/mol. The Morgan fingerprint density at radius 2 is 1.68 bits per heavy atom. The van der Waals surface area contributed by atoms with Crippen molar-refractivity contribution in [3.63, 3.8) is 0 Å². The van der Waals surface area contributed by atoms with Gasteiger partial charge < -0.3 is 9.84 Å². The molecule has 4 heteroatoms. The van der Waals surface area contributed by atoms with Crippen molar-refractivity contribution >= 4 is 5.97 Å². The van der Waals surface area contributed by atoms with Crippen LogP contribution in [0.25, 0.3) is 0 Å². The number of allylic oxidation sites excluding steroid dienone is 1. The summed E-state index contributed by atoms with van der Waals surface area (Å²) in [6.45, 7) is 2.06. The molecule has 0 radical (unpaired) electrons. The Hall–Kier alpha value is -1.34. The second-order valence-electron chi connectivity index (χ2n) is 6.50. The van der Waals surface area contributed by atoms with Crippen molar-refractivity contribution < 1.29 is 14.6 Å². The van der Waals surface area contributed by atoms with Crippen molar-refractivity contribution in [1.82, 2.24) is 0 Å². The van der Waals surface area contributed by atoms with Gasteiger partial charge in [0.15, 0.2) is 0 Å². The number of carbonyl (C=O) groups excluding carboxylic acids is 1. The highest BCUT2D eigenvalue weighted by Gasteiger charge is 2.32. The number of esters is 1. The number of hydrogen-bond donors (Lipinski definition) is 1. The van der Waals surface area contributed by atoms with Crippen LogP contribution in [0.4, 0.5) is 0 Å². The molecular weight excluding hydrogens is 278 g/mol. The largest absolute Gasteiger partial charge is 0.462 e. The Balaban J connectivity index is 2.30. The molecule has 0 heterocycles. The molecule has 0 aromatic carbocycles. The van der Waals surface area contributed by atoms with Crippen molar-refractivity contribution in [3.8, 4) is 6.07 Å². The molecular formula is C18H27NO3. The van der Waals surface area contributed by atoms with E-state index in [1.165, 1.54) is 19.3 Å². The minimum atomic E-state index is -0.461. The number of hydrogen-bond acceptors (Lipinski definition) is 4. The number of nitrogens with zero attached hydrogens (tertiary/aromatic N) is 1. The Morgan fingerprint density at radius 1 is 1.09 bits per heavy atom. The SMILES string of the molecule is CCOC(=O)/C(C#N)=C(/C1CCCCC1)C1CCC(O)CC1. The third kappa shape index (κ3) is 4.10. The van der Waals surface area contributed by atoms with E-state index in [0.717, 1.165) is 44.1 Å². The second kappa shape index (κ2) is 8.33. The van der Waals surface area contributed by atoms with E-state index < -0.39 is 5.97 Å². The summed E-state index contributed by atoms with van der Waals surface area (Å²) < 4.78 is 5.11. The molecule has 22 heavy (non-hydrogen) atoms. The number of carbonyl (C=O) groups is 1. The zero-order chi connectivity index (χ0) is 15.9. The molecule has 0 atom stereocenters. The molecule has 4 nitrogen and oxygen atoms in total. The predicted molar refractivity (Wildman–Crippen MR) is 83.8 cm³/mol. The molecule has 2 rings (SSSR count). The number of rotatable bonds is 4. The summed E-state index contributed by atoms with van der Waals surface area (Å²) in [7, 11) is 0. The van der Waals surface area contributed by atoms with E-state index in [9.17, 15) is 15.2 Å². The van der Waals surface area contributed by atoms with Gasteiger partial charge in [-0.3, -0.25) is 0 Å². The minimum Gasteiger partial charge on any atom is -0.462 e. The second-order valence-corrected chi connectivity index (χ2v) is 6.50. The van der Waals surface area contributed by atoms with Crippen LogP contribution >= 0.6 is 0 Å². The van der Waals surface area contributed by atoms with Crippen molar-refractivity contribution in [2.45, 2.75) is 70.8 Å². The van der Waals surface area contributed by atoms with Crippen LogP contribution in [-0.2, 0) is 9.53 Å². The molecule has 0 aliphatic heterocycles. The maximum absolute atomic E-state index is 12.2. The van der Waals surface area contributed by atoms with Gasteiger partial charge in [0.25, 0.3) is 0 Å². The molecule has 2 fully saturated rings. The molecule has 0 aromatic heterocycles. The summed E-state index contributed by atoms with van der Waals surface area (Å²) in [5.41, 5.74) is 1.28. The van der Waals surface area contributed by atoms with E-state index in [4.69, 9.17) is 4.74 Å². The fraction of sp³-hybridized carbons (Fsp3) is 0.778. The first-order valence-electron chi connectivity index (χ1n) is 8.66. The Bertz CT molecular complexity index is 449. The van der Waals surface area contributed by atoms with E-state index in [1.807, 2.05) is 0 Å². The van der Waals surface area contributed by atoms with E-state index in [0.29, 0.717) is 12.5 Å². The lowest BCUT2D eigenvalue weighted by atomic mass is 9.71. The third-order valence-electron chi connectivity index (χ3n) is 5.06. The van der Waals surface area contributed by atoms with Crippen LogP contribution in [0.3, 0.4) is 0 Å². The predicted octanol–water partition coefficient (Wildman–Crippen LogP) is 3.50. The highest BCUT2D eigenvalue weighted by molar-refractivity contribution is 5.93. The van der Waals surface area contributed by atoms with Gasteiger partial charge in [-0.1, -0.05) is 19.3 Å².